The van der Waals surface area contributed by atoms with Crippen LogP contribution in [-0.4, -0.2) is 16.6 Å². The number of hydrogen-bond acceptors (Lipinski definition) is 5. The molecule has 6 heteroatoms. The molecule has 0 fully saturated rings. The van der Waals surface area contributed by atoms with E-state index in [1.807, 2.05) is 24.3 Å². The molecule has 1 atom stereocenters. The number of nitrogen functional groups attached to an aromatic ring is 2. The van der Waals surface area contributed by atoms with Gasteiger partial charge in [0.1, 0.15) is 11.6 Å². The molecule has 2 heterocycles. The quantitative estimate of drug-likeness (QED) is 0.745. The van der Waals surface area contributed by atoms with E-state index in [9.17, 15) is 0 Å². The fourth-order valence-corrected chi connectivity index (χ4v) is 3.58. The predicted octanol–water partition coefficient (Wildman–Crippen LogP) is 3.53. The Kier molecular flexibility index (Phi) is 3.46. The zero-order valence-electron chi connectivity index (χ0n) is 13.2. The molecule has 1 aliphatic rings. The van der Waals surface area contributed by atoms with Crippen LogP contribution in [0.15, 0.2) is 30.3 Å². The van der Waals surface area contributed by atoms with Gasteiger partial charge in [0.05, 0.1) is 17.5 Å². The van der Waals surface area contributed by atoms with E-state index >= 15 is 0 Å². The van der Waals surface area contributed by atoms with E-state index in [1.165, 1.54) is 5.56 Å². The van der Waals surface area contributed by atoms with Gasteiger partial charge in [0, 0.05) is 16.5 Å². The van der Waals surface area contributed by atoms with Gasteiger partial charge in [-0.3, -0.25) is 0 Å². The summed E-state index contributed by atoms with van der Waals surface area (Å²) in [6.45, 7) is 2.77. The average Bonchev–Trinajstić information content (AvgIpc) is 2.89. The summed E-state index contributed by atoms with van der Waals surface area (Å²) in [5, 5.41) is 1.48. The van der Waals surface area contributed by atoms with Crippen LogP contribution in [0.1, 0.15) is 29.5 Å². The van der Waals surface area contributed by atoms with Crippen LogP contribution in [0.2, 0.25) is 5.02 Å². The molecule has 122 valence electrons. The van der Waals surface area contributed by atoms with E-state index in [-0.39, 0.29) is 11.9 Å². The molecule has 24 heavy (non-hydrogen) atoms. The van der Waals surface area contributed by atoms with Crippen molar-refractivity contribution >= 4 is 34.3 Å². The minimum Gasteiger partial charge on any atom is -0.492 e. The van der Waals surface area contributed by atoms with E-state index in [0.29, 0.717) is 17.9 Å². The number of halogens is 1. The zero-order valence-corrected chi connectivity index (χ0v) is 14.0. The molecule has 0 saturated carbocycles. The molecule has 0 saturated heterocycles. The van der Waals surface area contributed by atoms with Crippen LogP contribution in [0.3, 0.4) is 0 Å². The highest BCUT2D eigenvalue weighted by Crippen LogP contribution is 2.44. The molecule has 0 radical (unpaired) electrons. The fourth-order valence-electron chi connectivity index (χ4n) is 3.37. The van der Waals surface area contributed by atoms with Gasteiger partial charge in [0.2, 0.25) is 5.95 Å². The number of nitrogens with two attached hydrogens (primary N) is 2. The van der Waals surface area contributed by atoms with Crippen molar-refractivity contribution in [2.24, 2.45) is 0 Å². The number of rotatable bonds is 2. The molecule has 5 nitrogen and oxygen atoms in total. The smallest absolute Gasteiger partial charge is 0.222 e. The zero-order chi connectivity index (χ0) is 16.8. The van der Waals surface area contributed by atoms with Crippen LogP contribution < -0.4 is 16.2 Å². The normalized spacial score (nSPS) is 16.2. The maximum Gasteiger partial charge on any atom is 0.222 e. The topological polar surface area (TPSA) is 87.0 Å². The molecule has 0 spiro atoms. The molecular formula is C18H17ClN4O. The number of fused-ring (bicyclic) bond motifs is 3. The number of ether oxygens (including phenoxy) is 1. The molecule has 1 unspecified atom stereocenters. The Hall–Kier alpha value is -2.53. The Morgan fingerprint density at radius 3 is 2.88 bits per heavy atom. The van der Waals surface area contributed by atoms with Crippen molar-refractivity contribution in [1.82, 2.24) is 9.97 Å². The van der Waals surface area contributed by atoms with Crippen molar-refractivity contribution in [1.29, 1.82) is 0 Å². The van der Waals surface area contributed by atoms with Crippen LogP contribution in [0, 0.1) is 0 Å². The first-order valence-corrected chi connectivity index (χ1v) is 8.16. The monoisotopic (exact) mass is 340 g/mol. The van der Waals surface area contributed by atoms with Gasteiger partial charge in [-0.05, 0) is 35.7 Å². The second-order valence-corrected chi connectivity index (χ2v) is 6.59. The third-order valence-electron chi connectivity index (χ3n) is 4.36. The van der Waals surface area contributed by atoms with Crippen molar-refractivity contribution in [3.8, 4) is 5.75 Å². The molecule has 4 N–H and O–H groups in total. The highest BCUT2D eigenvalue weighted by Gasteiger charge is 2.28. The van der Waals surface area contributed by atoms with E-state index in [4.69, 9.17) is 27.8 Å². The highest BCUT2D eigenvalue weighted by atomic mass is 35.5. The van der Waals surface area contributed by atoms with Gasteiger partial charge in [0.25, 0.3) is 0 Å². The Labute approximate surface area is 144 Å². The fraction of sp³-hybridized carbons (Fsp3) is 0.222. The number of aromatic nitrogens is 2. The Balaban J connectivity index is 1.94. The SMILES string of the molecule is CC1COc2c1c(Cc1cccc(Cl)c1)cc1nc(N)nc(N)c21. The lowest BCUT2D eigenvalue weighted by Gasteiger charge is -2.14. The minimum atomic E-state index is 0.166. The maximum absolute atomic E-state index is 6.12. The molecule has 1 aromatic heterocycles. The van der Waals surface area contributed by atoms with Crippen molar-refractivity contribution in [2.75, 3.05) is 18.1 Å². The average molecular weight is 341 g/mol. The molecule has 1 aliphatic heterocycles. The molecule has 0 aliphatic carbocycles. The Bertz CT molecular complexity index is 957. The first kappa shape index (κ1) is 15.0. The summed E-state index contributed by atoms with van der Waals surface area (Å²) < 4.78 is 5.92. The second kappa shape index (κ2) is 5.53. The largest absolute Gasteiger partial charge is 0.492 e. The van der Waals surface area contributed by atoms with E-state index < -0.39 is 0 Å². The lowest BCUT2D eigenvalue weighted by Crippen LogP contribution is -2.03. The van der Waals surface area contributed by atoms with Crippen molar-refractivity contribution < 1.29 is 4.74 Å². The van der Waals surface area contributed by atoms with Crippen molar-refractivity contribution in [3.05, 3.63) is 52.0 Å². The molecule has 4 rings (SSSR count). The first-order chi connectivity index (χ1) is 11.5. The van der Waals surface area contributed by atoms with Crippen LogP contribution in [0.4, 0.5) is 11.8 Å². The third-order valence-corrected chi connectivity index (χ3v) is 4.60. The van der Waals surface area contributed by atoms with Gasteiger partial charge in [-0.2, -0.15) is 4.98 Å². The summed E-state index contributed by atoms with van der Waals surface area (Å²) in [7, 11) is 0. The summed E-state index contributed by atoms with van der Waals surface area (Å²) in [6, 6.07) is 9.90. The minimum absolute atomic E-state index is 0.166. The maximum atomic E-state index is 6.12. The van der Waals surface area contributed by atoms with Gasteiger partial charge < -0.3 is 16.2 Å². The molecule has 0 bridgehead atoms. The van der Waals surface area contributed by atoms with Crippen LogP contribution in [0.5, 0.6) is 5.75 Å². The summed E-state index contributed by atoms with van der Waals surface area (Å²) in [5.74, 6) is 1.60. The van der Waals surface area contributed by atoms with Gasteiger partial charge in [-0.1, -0.05) is 30.7 Å². The van der Waals surface area contributed by atoms with Gasteiger partial charge >= 0.3 is 0 Å². The Morgan fingerprint density at radius 2 is 2.08 bits per heavy atom. The standard InChI is InChI=1S/C18H17ClN4O/c1-9-8-24-16-14(9)11(5-10-3-2-4-12(19)6-10)7-13-15(16)17(20)23-18(21)22-13/h2-4,6-7,9H,5,8H2,1H3,(H4,20,21,22,23). The highest BCUT2D eigenvalue weighted by molar-refractivity contribution is 6.30. The number of nitrogens with zero attached hydrogens (tertiary/aromatic N) is 2. The Morgan fingerprint density at radius 1 is 1.25 bits per heavy atom. The van der Waals surface area contributed by atoms with Gasteiger partial charge in [0.15, 0.2) is 0 Å². The van der Waals surface area contributed by atoms with E-state index in [2.05, 4.69) is 23.0 Å². The third kappa shape index (κ3) is 2.41. The van der Waals surface area contributed by atoms with Crippen LogP contribution in [0.25, 0.3) is 10.9 Å². The summed E-state index contributed by atoms with van der Waals surface area (Å²) in [4.78, 5) is 8.42. The molecule has 0 amide bonds. The van der Waals surface area contributed by atoms with Crippen LogP contribution >= 0.6 is 11.6 Å². The van der Waals surface area contributed by atoms with Crippen molar-refractivity contribution in [2.45, 2.75) is 19.3 Å². The molecular weight excluding hydrogens is 324 g/mol. The number of hydrogen-bond donors (Lipinski definition) is 2. The summed E-state index contributed by atoms with van der Waals surface area (Å²) in [5.41, 5.74) is 16.0. The molecule has 3 aromatic rings. The lowest BCUT2D eigenvalue weighted by molar-refractivity contribution is 0.340. The predicted molar refractivity (Wildman–Crippen MR) is 96.5 cm³/mol. The van der Waals surface area contributed by atoms with Crippen molar-refractivity contribution in [3.63, 3.8) is 0 Å². The second-order valence-electron chi connectivity index (χ2n) is 6.16. The molecule has 2 aromatic carbocycles. The van der Waals surface area contributed by atoms with Crippen LogP contribution in [-0.2, 0) is 6.42 Å². The summed E-state index contributed by atoms with van der Waals surface area (Å²) >= 11 is 6.12. The number of anilines is 2. The van der Waals surface area contributed by atoms with E-state index in [1.54, 1.807) is 0 Å². The van der Waals surface area contributed by atoms with E-state index in [0.717, 1.165) is 33.7 Å². The lowest BCUT2D eigenvalue weighted by atomic mass is 9.91. The van der Waals surface area contributed by atoms with Gasteiger partial charge in [-0.15, -0.1) is 0 Å². The number of benzene rings is 2. The van der Waals surface area contributed by atoms with Gasteiger partial charge in [-0.25, -0.2) is 4.98 Å². The summed E-state index contributed by atoms with van der Waals surface area (Å²) in [6.07, 6.45) is 0.746. The first-order valence-electron chi connectivity index (χ1n) is 7.78.